The van der Waals surface area contributed by atoms with E-state index in [9.17, 15) is 0 Å². The van der Waals surface area contributed by atoms with Gasteiger partial charge in [0.1, 0.15) is 12.1 Å². The lowest BCUT2D eigenvalue weighted by molar-refractivity contribution is 0.584. The number of nitrogens with one attached hydrogen (secondary N) is 1. The number of piperazine rings is 1. The van der Waals surface area contributed by atoms with Gasteiger partial charge in [-0.1, -0.05) is 0 Å². The van der Waals surface area contributed by atoms with E-state index < -0.39 is 0 Å². The Balaban J connectivity index is 1.91. The van der Waals surface area contributed by atoms with Gasteiger partial charge in [0.05, 0.1) is 11.4 Å². The summed E-state index contributed by atoms with van der Waals surface area (Å²) in [6.45, 7) is 3.99. The molecule has 1 N–H and O–H groups in total. The molecular formula is C12H16N6. The van der Waals surface area contributed by atoms with Crippen molar-refractivity contribution in [3.05, 3.63) is 24.7 Å². The minimum absolute atomic E-state index is 0.915. The molecule has 1 aliphatic heterocycles. The fraction of sp³-hybridized carbons (Fsp3) is 0.417. The SMILES string of the molecule is Cn1nccc1-c1cc(N2CCNCC2)ncn1. The van der Waals surface area contributed by atoms with Crippen molar-refractivity contribution in [2.24, 2.45) is 7.05 Å². The molecule has 94 valence electrons. The van der Waals surface area contributed by atoms with Gasteiger partial charge in [-0.3, -0.25) is 4.68 Å². The van der Waals surface area contributed by atoms with E-state index in [2.05, 4.69) is 25.3 Å². The lowest BCUT2D eigenvalue weighted by Crippen LogP contribution is -2.43. The second-order valence-electron chi connectivity index (χ2n) is 4.34. The second-order valence-corrected chi connectivity index (χ2v) is 4.34. The molecule has 0 aliphatic carbocycles. The highest BCUT2D eigenvalue weighted by atomic mass is 15.3. The second kappa shape index (κ2) is 4.73. The van der Waals surface area contributed by atoms with Gasteiger partial charge in [-0.2, -0.15) is 5.10 Å². The Kier molecular flexibility index (Phi) is 2.93. The van der Waals surface area contributed by atoms with Gasteiger partial charge in [-0.05, 0) is 6.07 Å². The van der Waals surface area contributed by atoms with Crippen molar-refractivity contribution >= 4 is 5.82 Å². The number of aromatic nitrogens is 4. The molecule has 6 heteroatoms. The van der Waals surface area contributed by atoms with Crippen molar-refractivity contribution < 1.29 is 0 Å². The van der Waals surface area contributed by atoms with E-state index in [1.165, 1.54) is 0 Å². The van der Waals surface area contributed by atoms with Crippen molar-refractivity contribution in [3.8, 4) is 11.4 Å². The third-order valence-corrected chi connectivity index (χ3v) is 3.18. The van der Waals surface area contributed by atoms with Crippen LogP contribution in [0.2, 0.25) is 0 Å². The van der Waals surface area contributed by atoms with E-state index in [1.54, 1.807) is 12.5 Å². The summed E-state index contributed by atoms with van der Waals surface area (Å²) in [5, 5.41) is 7.50. The lowest BCUT2D eigenvalue weighted by Gasteiger charge is -2.28. The fourth-order valence-corrected chi connectivity index (χ4v) is 2.18. The fourth-order valence-electron chi connectivity index (χ4n) is 2.18. The highest BCUT2D eigenvalue weighted by Crippen LogP contribution is 2.19. The minimum Gasteiger partial charge on any atom is -0.354 e. The van der Waals surface area contributed by atoms with E-state index in [1.807, 2.05) is 23.9 Å². The van der Waals surface area contributed by atoms with Crippen LogP contribution in [-0.4, -0.2) is 45.9 Å². The number of nitrogens with zero attached hydrogens (tertiary/aromatic N) is 5. The van der Waals surface area contributed by atoms with Crippen LogP contribution in [0, 0.1) is 0 Å². The molecule has 0 atom stereocenters. The molecule has 0 amide bonds. The average Bonchev–Trinajstić information content (AvgIpc) is 2.86. The molecule has 1 saturated heterocycles. The molecule has 3 rings (SSSR count). The summed E-state index contributed by atoms with van der Waals surface area (Å²) in [6.07, 6.45) is 3.40. The first kappa shape index (κ1) is 11.2. The third-order valence-electron chi connectivity index (χ3n) is 3.18. The Bertz CT molecular complexity index is 529. The van der Waals surface area contributed by atoms with Crippen LogP contribution in [0.4, 0.5) is 5.82 Å². The summed E-state index contributed by atoms with van der Waals surface area (Å²) in [5.74, 6) is 0.989. The number of rotatable bonds is 2. The Morgan fingerprint density at radius 1 is 1.22 bits per heavy atom. The Hall–Kier alpha value is -1.95. The number of aryl methyl sites for hydroxylation is 1. The standard InChI is InChI=1S/C12H16N6/c1-17-11(2-3-16-17)10-8-12(15-9-14-10)18-6-4-13-5-7-18/h2-3,8-9,13H,4-7H2,1H3. The number of anilines is 1. The van der Waals surface area contributed by atoms with Crippen LogP contribution in [0.3, 0.4) is 0 Å². The Morgan fingerprint density at radius 2 is 2.06 bits per heavy atom. The largest absolute Gasteiger partial charge is 0.354 e. The minimum atomic E-state index is 0.915. The van der Waals surface area contributed by atoms with Crippen molar-refractivity contribution in [2.75, 3.05) is 31.1 Å². The van der Waals surface area contributed by atoms with Gasteiger partial charge >= 0.3 is 0 Å². The molecule has 2 aromatic rings. The van der Waals surface area contributed by atoms with Crippen LogP contribution in [0.25, 0.3) is 11.4 Å². The highest BCUT2D eigenvalue weighted by molar-refractivity contribution is 5.58. The quantitative estimate of drug-likeness (QED) is 0.822. The van der Waals surface area contributed by atoms with Crippen molar-refractivity contribution in [2.45, 2.75) is 0 Å². The zero-order chi connectivity index (χ0) is 12.4. The average molecular weight is 244 g/mol. The monoisotopic (exact) mass is 244 g/mol. The Labute approximate surface area is 106 Å². The van der Waals surface area contributed by atoms with E-state index in [0.717, 1.165) is 43.4 Å². The maximum atomic E-state index is 4.36. The van der Waals surface area contributed by atoms with Crippen LogP contribution in [-0.2, 0) is 7.05 Å². The van der Waals surface area contributed by atoms with E-state index in [0.29, 0.717) is 0 Å². The maximum Gasteiger partial charge on any atom is 0.132 e. The molecule has 0 bridgehead atoms. The summed E-state index contributed by atoms with van der Waals surface area (Å²) in [5.41, 5.74) is 1.92. The number of hydrogen-bond acceptors (Lipinski definition) is 5. The Morgan fingerprint density at radius 3 is 2.78 bits per heavy atom. The molecule has 6 nitrogen and oxygen atoms in total. The summed E-state index contributed by atoms with van der Waals surface area (Å²) >= 11 is 0. The van der Waals surface area contributed by atoms with E-state index >= 15 is 0 Å². The summed E-state index contributed by atoms with van der Waals surface area (Å²) < 4.78 is 1.82. The van der Waals surface area contributed by atoms with Gasteiger partial charge in [0.15, 0.2) is 0 Å². The third kappa shape index (κ3) is 2.06. The van der Waals surface area contributed by atoms with Crippen LogP contribution in [0.15, 0.2) is 24.7 Å². The summed E-state index contributed by atoms with van der Waals surface area (Å²) in [4.78, 5) is 11.0. The van der Waals surface area contributed by atoms with Gasteiger partial charge < -0.3 is 10.2 Å². The molecule has 1 aliphatic rings. The summed E-state index contributed by atoms with van der Waals surface area (Å²) in [6, 6.07) is 3.99. The maximum absolute atomic E-state index is 4.36. The smallest absolute Gasteiger partial charge is 0.132 e. The lowest BCUT2D eigenvalue weighted by atomic mass is 10.2. The molecule has 18 heavy (non-hydrogen) atoms. The van der Waals surface area contributed by atoms with Crippen molar-refractivity contribution in [1.82, 2.24) is 25.1 Å². The molecule has 3 heterocycles. The first-order valence-corrected chi connectivity index (χ1v) is 6.11. The first-order chi connectivity index (χ1) is 8.84. The number of hydrogen-bond donors (Lipinski definition) is 1. The van der Waals surface area contributed by atoms with Crippen LogP contribution in [0.1, 0.15) is 0 Å². The summed E-state index contributed by atoms with van der Waals surface area (Å²) in [7, 11) is 1.92. The van der Waals surface area contributed by atoms with Gasteiger partial charge in [0, 0.05) is 45.5 Å². The van der Waals surface area contributed by atoms with E-state index in [4.69, 9.17) is 0 Å². The normalized spacial score (nSPS) is 15.9. The molecule has 0 unspecified atom stereocenters. The molecule has 2 aromatic heterocycles. The van der Waals surface area contributed by atoms with E-state index in [-0.39, 0.29) is 0 Å². The van der Waals surface area contributed by atoms with Crippen molar-refractivity contribution in [1.29, 1.82) is 0 Å². The van der Waals surface area contributed by atoms with Crippen LogP contribution in [0.5, 0.6) is 0 Å². The molecule has 1 fully saturated rings. The van der Waals surface area contributed by atoms with Gasteiger partial charge in [0.25, 0.3) is 0 Å². The van der Waals surface area contributed by atoms with Crippen molar-refractivity contribution in [3.63, 3.8) is 0 Å². The molecule has 0 spiro atoms. The zero-order valence-corrected chi connectivity index (χ0v) is 10.4. The highest BCUT2D eigenvalue weighted by Gasteiger charge is 2.13. The molecular weight excluding hydrogens is 228 g/mol. The molecule has 0 saturated carbocycles. The molecule has 0 radical (unpaired) electrons. The predicted molar refractivity (Wildman–Crippen MR) is 69.3 cm³/mol. The topological polar surface area (TPSA) is 58.9 Å². The van der Waals surface area contributed by atoms with Gasteiger partial charge in [-0.15, -0.1) is 0 Å². The first-order valence-electron chi connectivity index (χ1n) is 6.11. The van der Waals surface area contributed by atoms with Crippen LogP contribution >= 0.6 is 0 Å². The van der Waals surface area contributed by atoms with Gasteiger partial charge in [-0.25, -0.2) is 9.97 Å². The molecule has 0 aromatic carbocycles. The van der Waals surface area contributed by atoms with Gasteiger partial charge in [0.2, 0.25) is 0 Å². The predicted octanol–water partition coefficient (Wildman–Crippen LogP) is 0.287. The zero-order valence-electron chi connectivity index (χ0n) is 10.4. The van der Waals surface area contributed by atoms with Crippen LogP contribution < -0.4 is 10.2 Å².